The molecule has 1 atom stereocenters. The maximum absolute atomic E-state index is 12.5. The second kappa shape index (κ2) is 6.51. The fourth-order valence-corrected chi connectivity index (χ4v) is 2.50. The minimum absolute atomic E-state index is 0.112. The molecule has 1 aliphatic heterocycles. The minimum Gasteiger partial charge on any atom is -0.496 e. The van der Waals surface area contributed by atoms with Crippen molar-refractivity contribution in [3.63, 3.8) is 0 Å². The fraction of sp³-hybridized carbons (Fsp3) is 0.385. The Hall–Kier alpha value is -1.18. The predicted octanol–water partition coefficient (Wildman–Crippen LogP) is 1.58. The smallest absolute Gasteiger partial charge is 0.257 e. The molecular weight excluding hydrogens is 344 g/mol. The summed E-state index contributed by atoms with van der Waals surface area (Å²) in [4.78, 5) is 14.5. The summed E-state index contributed by atoms with van der Waals surface area (Å²) in [5.74, 6) is 0.418. The van der Waals surface area contributed by atoms with E-state index in [-0.39, 0.29) is 17.0 Å². The molecule has 1 heterocycles. The van der Waals surface area contributed by atoms with Crippen LogP contribution in [0.1, 0.15) is 10.4 Å². The van der Waals surface area contributed by atoms with Gasteiger partial charge < -0.3 is 20.1 Å². The van der Waals surface area contributed by atoms with E-state index in [0.717, 1.165) is 4.47 Å². The van der Waals surface area contributed by atoms with Crippen molar-refractivity contribution >= 4 is 39.0 Å². The summed E-state index contributed by atoms with van der Waals surface area (Å²) >= 11 is 8.27. The lowest BCUT2D eigenvalue weighted by Crippen LogP contribution is -2.49. The highest BCUT2D eigenvalue weighted by molar-refractivity contribution is 9.10. The van der Waals surface area contributed by atoms with Crippen LogP contribution in [0.3, 0.4) is 0 Å². The Kier molecular flexibility index (Phi) is 4.95. The van der Waals surface area contributed by atoms with Gasteiger partial charge in [-0.15, -0.1) is 0 Å². The number of nitrogens with zero attached hydrogens (tertiary/aromatic N) is 1. The number of benzene rings is 1. The summed E-state index contributed by atoms with van der Waals surface area (Å²) in [6.07, 6.45) is -0.385. The summed E-state index contributed by atoms with van der Waals surface area (Å²) < 4.78 is 11.5. The van der Waals surface area contributed by atoms with Gasteiger partial charge in [-0.1, -0.05) is 28.1 Å². The number of methoxy groups -OCH3 is 1. The number of rotatable bonds is 3. The van der Waals surface area contributed by atoms with Crippen LogP contribution in [0.15, 0.2) is 22.7 Å². The van der Waals surface area contributed by atoms with E-state index < -0.39 is 0 Å². The number of carbonyl (C=O) groups is 1. The number of thiocarbonyl (C=S) groups is 1. The Labute approximate surface area is 131 Å². The molecule has 2 N–H and O–H groups in total. The van der Waals surface area contributed by atoms with Gasteiger partial charge in [-0.05, 0) is 18.2 Å². The van der Waals surface area contributed by atoms with Crippen LogP contribution in [0.25, 0.3) is 0 Å². The average Bonchev–Trinajstić information content (AvgIpc) is 2.46. The second-order valence-corrected chi connectivity index (χ2v) is 5.74. The van der Waals surface area contributed by atoms with Crippen LogP contribution >= 0.6 is 28.1 Å². The summed E-state index contributed by atoms with van der Waals surface area (Å²) in [5, 5.41) is 0. The number of morpholine rings is 1. The van der Waals surface area contributed by atoms with E-state index in [4.69, 9.17) is 27.4 Å². The normalized spacial score (nSPS) is 18.7. The van der Waals surface area contributed by atoms with E-state index in [2.05, 4.69) is 15.9 Å². The first-order chi connectivity index (χ1) is 9.52. The van der Waals surface area contributed by atoms with E-state index in [1.54, 1.807) is 23.1 Å². The maximum atomic E-state index is 12.5. The van der Waals surface area contributed by atoms with Crippen LogP contribution in [0, 0.1) is 0 Å². The third-order valence-electron chi connectivity index (χ3n) is 3.06. The largest absolute Gasteiger partial charge is 0.496 e. The van der Waals surface area contributed by atoms with E-state index in [1.165, 1.54) is 7.11 Å². The highest BCUT2D eigenvalue weighted by Crippen LogP contribution is 2.25. The molecule has 1 aromatic rings. The molecule has 0 aromatic heterocycles. The fourth-order valence-electron chi connectivity index (χ4n) is 2.02. The lowest BCUT2D eigenvalue weighted by molar-refractivity contribution is 0.00864. The molecule has 5 nitrogen and oxygen atoms in total. The molecule has 7 heteroatoms. The number of ether oxygens (including phenoxy) is 2. The molecule has 0 radical (unpaired) electrons. The molecule has 1 saturated heterocycles. The molecule has 0 aliphatic carbocycles. The molecule has 108 valence electrons. The van der Waals surface area contributed by atoms with Crippen LogP contribution in [-0.2, 0) is 4.74 Å². The first-order valence-electron chi connectivity index (χ1n) is 6.06. The second-order valence-electron chi connectivity index (χ2n) is 4.36. The number of halogens is 1. The van der Waals surface area contributed by atoms with Gasteiger partial charge in [-0.3, -0.25) is 4.79 Å². The van der Waals surface area contributed by atoms with E-state index in [0.29, 0.717) is 31.0 Å². The van der Waals surface area contributed by atoms with Crippen molar-refractivity contribution in [2.24, 2.45) is 5.73 Å². The zero-order valence-corrected chi connectivity index (χ0v) is 13.4. The van der Waals surface area contributed by atoms with Gasteiger partial charge in [0.25, 0.3) is 5.91 Å². The SMILES string of the molecule is COc1cc(Br)ccc1C(=O)N1CCOC(C(N)=S)C1. The van der Waals surface area contributed by atoms with Gasteiger partial charge in [0, 0.05) is 11.0 Å². The van der Waals surface area contributed by atoms with E-state index in [9.17, 15) is 4.79 Å². The molecule has 20 heavy (non-hydrogen) atoms. The van der Waals surface area contributed by atoms with Gasteiger partial charge in [0.2, 0.25) is 0 Å². The van der Waals surface area contributed by atoms with Gasteiger partial charge in [0.15, 0.2) is 0 Å². The lowest BCUT2D eigenvalue weighted by Gasteiger charge is -2.32. The predicted molar refractivity (Wildman–Crippen MR) is 83.1 cm³/mol. The highest BCUT2D eigenvalue weighted by Gasteiger charge is 2.28. The average molecular weight is 359 g/mol. The van der Waals surface area contributed by atoms with Gasteiger partial charge in [0.1, 0.15) is 16.8 Å². The number of amides is 1. The van der Waals surface area contributed by atoms with Crippen LogP contribution < -0.4 is 10.5 Å². The van der Waals surface area contributed by atoms with E-state index in [1.807, 2.05) is 0 Å². The molecule has 0 spiro atoms. The molecule has 1 fully saturated rings. The van der Waals surface area contributed by atoms with Crippen molar-refractivity contribution in [1.82, 2.24) is 4.90 Å². The third-order valence-corrected chi connectivity index (χ3v) is 3.82. The van der Waals surface area contributed by atoms with Crippen molar-refractivity contribution in [2.45, 2.75) is 6.10 Å². The lowest BCUT2D eigenvalue weighted by atomic mass is 10.1. The topological polar surface area (TPSA) is 64.8 Å². The van der Waals surface area contributed by atoms with Crippen LogP contribution in [0.5, 0.6) is 5.75 Å². The standard InChI is InChI=1S/C13H15BrN2O3S/c1-18-10-6-8(14)2-3-9(10)13(17)16-4-5-19-11(7-16)12(15)20/h2-3,6,11H,4-5,7H2,1H3,(H2,15,20). The maximum Gasteiger partial charge on any atom is 0.257 e. The molecular formula is C13H15BrN2O3S. The van der Waals surface area contributed by atoms with E-state index >= 15 is 0 Å². The molecule has 1 amide bonds. The van der Waals surface area contributed by atoms with Gasteiger partial charge in [-0.25, -0.2) is 0 Å². The highest BCUT2D eigenvalue weighted by atomic mass is 79.9. The zero-order valence-electron chi connectivity index (χ0n) is 11.0. The first-order valence-corrected chi connectivity index (χ1v) is 7.26. The van der Waals surface area contributed by atoms with Crippen LogP contribution in [0.4, 0.5) is 0 Å². The molecule has 0 saturated carbocycles. The molecule has 1 aromatic carbocycles. The Bertz CT molecular complexity index is 538. The third kappa shape index (κ3) is 3.28. The molecule has 1 aliphatic rings. The summed E-state index contributed by atoms with van der Waals surface area (Å²) in [5.41, 5.74) is 6.09. The Morgan fingerprint density at radius 1 is 1.60 bits per heavy atom. The Balaban J connectivity index is 2.20. The van der Waals surface area contributed by atoms with Crippen molar-refractivity contribution in [3.8, 4) is 5.75 Å². The Morgan fingerprint density at radius 2 is 2.35 bits per heavy atom. The molecule has 1 unspecified atom stereocenters. The van der Waals surface area contributed by atoms with Gasteiger partial charge in [-0.2, -0.15) is 0 Å². The monoisotopic (exact) mass is 358 g/mol. The number of carbonyl (C=O) groups excluding carboxylic acids is 1. The molecule has 0 bridgehead atoms. The summed E-state index contributed by atoms with van der Waals surface area (Å²) in [6.45, 7) is 1.30. The zero-order chi connectivity index (χ0) is 14.7. The summed E-state index contributed by atoms with van der Waals surface area (Å²) in [7, 11) is 1.54. The van der Waals surface area contributed by atoms with Crippen molar-refractivity contribution < 1.29 is 14.3 Å². The van der Waals surface area contributed by atoms with Gasteiger partial charge >= 0.3 is 0 Å². The van der Waals surface area contributed by atoms with Crippen molar-refractivity contribution in [2.75, 3.05) is 26.8 Å². The minimum atomic E-state index is -0.385. The van der Waals surface area contributed by atoms with Gasteiger partial charge in [0.05, 0.1) is 25.8 Å². The number of hydrogen-bond donors (Lipinski definition) is 1. The number of nitrogens with two attached hydrogens (primary N) is 1. The molecule has 2 rings (SSSR count). The summed E-state index contributed by atoms with van der Waals surface area (Å²) in [6, 6.07) is 5.30. The first kappa shape index (κ1) is 15.2. The Morgan fingerprint density at radius 3 is 3.00 bits per heavy atom. The van der Waals surface area contributed by atoms with Crippen molar-refractivity contribution in [3.05, 3.63) is 28.2 Å². The van der Waals surface area contributed by atoms with Crippen LogP contribution in [-0.4, -0.2) is 48.7 Å². The van der Waals surface area contributed by atoms with Crippen LogP contribution in [0.2, 0.25) is 0 Å². The van der Waals surface area contributed by atoms with Crippen molar-refractivity contribution in [1.29, 1.82) is 0 Å². The quantitative estimate of drug-likeness (QED) is 0.831. The number of hydrogen-bond acceptors (Lipinski definition) is 4.